The Balaban J connectivity index is 4.15. The van der Waals surface area contributed by atoms with Crippen LogP contribution in [-0.4, -0.2) is 45.2 Å². The third kappa shape index (κ3) is 6.53. The van der Waals surface area contributed by atoms with Crippen molar-refractivity contribution in [2.45, 2.75) is 39.3 Å². The number of aliphatic hydroxyl groups is 1. The van der Waals surface area contributed by atoms with E-state index < -0.39 is 17.6 Å². The average molecular weight is 263 g/mol. The van der Waals surface area contributed by atoms with Gasteiger partial charge in [0.25, 0.3) is 0 Å². The van der Waals surface area contributed by atoms with Crippen LogP contribution in [0.4, 0.5) is 0 Å². The molecule has 0 aromatic heterocycles. The van der Waals surface area contributed by atoms with Gasteiger partial charge in [0.1, 0.15) is 6.04 Å². The Hall–Kier alpha value is -0.750. The molecule has 0 aliphatic carbocycles. The van der Waals surface area contributed by atoms with Crippen LogP contribution in [0.15, 0.2) is 0 Å². The third-order valence-corrected chi connectivity index (χ3v) is 3.96. The highest BCUT2D eigenvalue weighted by molar-refractivity contribution is 7.99. The van der Waals surface area contributed by atoms with Gasteiger partial charge in [-0.05, 0) is 12.8 Å². The number of carbonyl (C=O) groups excluding carboxylic acids is 1. The van der Waals surface area contributed by atoms with E-state index in [1.54, 1.807) is 6.92 Å². The van der Waals surface area contributed by atoms with E-state index in [0.29, 0.717) is 5.75 Å². The van der Waals surface area contributed by atoms with Gasteiger partial charge in [-0.25, -0.2) is 4.79 Å². The lowest BCUT2D eigenvalue weighted by Crippen LogP contribution is -2.42. The molecule has 1 amide bonds. The lowest BCUT2D eigenvalue weighted by molar-refractivity contribution is -0.140. The highest BCUT2D eigenvalue weighted by Crippen LogP contribution is 2.21. The number of thioether (sulfide) groups is 1. The topological polar surface area (TPSA) is 86.6 Å². The number of carbonyl (C=O) groups is 2. The molecule has 100 valence electrons. The number of carboxylic acid groups (broad SMARTS) is 1. The maximum Gasteiger partial charge on any atom is 0.327 e. The molecule has 3 N–H and O–H groups in total. The molecule has 0 spiro atoms. The van der Waals surface area contributed by atoms with E-state index >= 15 is 0 Å². The van der Waals surface area contributed by atoms with Gasteiger partial charge in [-0.2, -0.15) is 11.8 Å². The number of hydrogen-bond donors (Lipinski definition) is 3. The first kappa shape index (κ1) is 16.2. The van der Waals surface area contributed by atoms with E-state index in [0.717, 1.165) is 0 Å². The summed E-state index contributed by atoms with van der Waals surface area (Å²) in [5.74, 6) is -0.643. The number of nitrogens with one attached hydrogen (secondary N) is 1. The van der Waals surface area contributed by atoms with Crippen molar-refractivity contribution in [3.63, 3.8) is 0 Å². The molecule has 0 heterocycles. The molecular weight excluding hydrogens is 242 g/mol. The fraction of sp³-hybridized carbons (Fsp3) is 0.818. The predicted molar refractivity (Wildman–Crippen MR) is 68.0 cm³/mol. The van der Waals surface area contributed by atoms with Gasteiger partial charge in [-0.1, -0.05) is 13.8 Å². The summed E-state index contributed by atoms with van der Waals surface area (Å²) in [6.45, 7) is 6.82. The summed E-state index contributed by atoms with van der Waals surface area (Å²) in [6.07, 6.45) is 0. The number of amides is 1. The highest BCUT2D eigenvalue weighted by Gasteiger charge is 2.26. The summed E-state index contributed by atoms with van der Waals surface area (Å²) < 4.78 is 0. The van der Waals surface area contributed by atoms with Gasteiger partial charge in [0.05, 0.1) is 5.60 Å². The molecular formula is C11H21NO4S. The van der Waals surface area contributed by atoms with Crippen molar-refractivity contribution in [1.29, 1.82) is 0 Å². The van der Waals surface area contributed by atoms with Crippen molar-refractivity contribution < 1.29 is 19.8 Å². The molecule has 17 heavy (non-hydrogen) atoms. The van der Waals surface area contributed by atoms with Gasteiger partial charge in [0, 0.05) is 18.4 Å². The standard InChI is InChI=1S/C11H21NO4S/c1-7(2)11(4,16)6-17-5-9(10(14)15)12-8(3)13/h7,9,16H,5-6H2,1-4H3,(H,12,13)(H,14,15). The van der Waals surface area contributed by atoms with Crippen LogP contribution in [0, 0.1) is 5.92 Å². The smallest absolute Gasteiger partial charge is 0.327 e. The van der Waals surface area contributed by atoms with Gasteiger partial charge < -0.3 is 15.5 Å². The minimum absolute atomic E-state index is 0.0963. The molecule has 0 aliphatic heterocycles. The van der Waals surface area contributed by atoms with Crippen molar-refractivity contribution in [2.24, 2.45) is 5.92 Å². The lowest BCUT2D eigenvalue weighted by Gasteiger charge is -2.27. The first-order valence-electron chi connectivity index (χ1n) is 5.47. The fourth-order valence-electron chi connectivity index (χ4n) is 0.970. The Morgan fingerprint density at radius 3 is 2.29 bits per heavy atom. The second-order valence-corrected chi connectivity index (χ2v) is 5.65. The van der Waals surface area contributed by atoms with Crippen LogP contribution in [0.3, 0.4) is 0 Å². The Morgan fingerprint density at radius 1 is 1.41 bits per heavy atom. The molecule has 0 radical (unpaired) electrons. The summed E-state index contributed by atoms with van der Waals surface area (Å²) in [5.41, 5.74) is -0.829. The van der Waals surface area contributed by atoms with Crippen molar-refractivity contribution in [2.75, 3.05) is 11.5 Å². The van der Waals surface area contributed by atoms with Gasteiger partial charge in [0.15, 0.2) is 0 Å². The summed E-state index contributed by atoms with van der Waals surface area (Å²) in [6, 6.07) is -0.902. The summed E-state index contributed by atoms with van der Waals surface area (Å²) in [7, 11) is 0. The largest absolute Gasteiger partial charge is 0.480 e. The predicted octanol–water partition coefficient (Wildman–Crippen LogP) is 0.716. The number of hydrogen-bond acceptors (Lipinski definition) is 4. The Kier molecular flexibility index (Phi) is 6.56. The van der Waals surface area contributed by atoms with Crippen LogP contribution in [0.2, 0.25) is 0 Å². The Bertz CT molecular complexity index is 279. The van der Waals surface area contributed by atoms with E-state index in [9.17, 15) is 14.7 Å². The SMILES string of the molecule is CC(=O)NC(CSCC(C)(O)C(C)C)C(=O)O. The van der Waals surface area contributed by atoms with Crippen LogP contribution >= 0.6 is 11.8 Å². The number of rotatable bonds is 7. The molecule has 0 fully saturated rings. The fourth-order valence-corrected chi connectivity index (χ4v) is 2.30. The second-order valence-electron chi connectivity index (χ2n) is 4.62. The van der Waals surface area contributed by atoms with Crippen LogP contribution in [-0.2, 0) is 9.59 Å². The molecule has 0 aromatic carbocycles. The highest BCUT2D eigenvalue weighted by atomic mass is 32.2. The molecule has 2 atom stereocenters. The molecule has 0 rings (SSSR count). The van der Waals surface area contributed by atoms with Crippen molar-refractivity contribution >= 4 is 23.6 Å². The average Bonchev–Trinajstić information content (AvgIpc) is 2.14. The number of aliphatic carboxylic acids is 1. The molecule has 2 unspecified atom stereocenters. The summed E-state index contributed by atoms with van der Waals surface area (Å²) in [4.78, 5) is 21.6. The zero-order chi connectivity index (χ0) is 13.6. The van der Waals surface area contributed by atoms with Gasteiger partial charge >= 0.3 is 5.97 Å². The first-order valence-corrected chi connectivity index (χ1v) is 6.62. The molecule has 5 nitrogen and oxygen atoms in total. The number of carboxylic acids is 1. The zero-order valence-corrected chi connectivity index (χ0v) is 11.5. The van der Waals surface area contributed by atoms with Crippen LogP contribution < -0.4 is 5.32 Å². The van der Waals surface area contributed by atoms with E-state index in [-0.39, 0.29) is 17.6 Å². The minimum atomic E-state index is -1.06. The maximum atomic E-state index is 10.8. The third-order valence-electron chi connectivity index (χ3n) is 2.60. The Morgan fingerprint density at radius 2 is 1.94 bits per heavy atom. The van der Waals surface area contributed by atoms with Crippen molar-refractivity contribution in [3.8, 4) is 0 Å². The normalized spacial score (nSPS) is 16.4. The molecule has 0 aliphatic rings. The van der Waals surface area contributed by atoms with Crippen molar-refractivity contribution in [1.82, 2.24) is 5.32 Å². The van der Waals surface area contributed by atoms with Crippen LogP contribution in [0.1, 0.15) is 27.7 Å². The van der Waals surface area contributed by atoms with E-state index in [1.807, 2.05) is 13.8 Å². The molecule has 0 saturated heterocycles. The molecule has 0 aromatic rings. The van der Waals surface area contributed by atoms with Crippen LogP contribution in [0.25, 0.3) is 0 Å². The zero-order valence-electron chi connectivity index (χ0n) is 10.7. The Labute approximate surface area is 106 Å². The molecule has 0 bridgehead atoms. The minimum Gasteiger partial charge on any atom is -0.480 e. The van der Waals surface area contributed by atoms with Gasteiger partial charge in [-0.3, -0.25) is 4.79 Å². The summed E-state index contributed by atoms with van der Waals surface area (Å²) in [5, 5.41) is 21.2. The van der Waals surface area contributed by atoms with Crippen molar-refractivity contribution in [3.05, 3.63) is 0 Å². The summed E-state index contributed by atoms with van der Waals surface area (Å²) >= 11 is 1.32. The van der Waals surface area contributed by atoms with E-state index in [4.69, 9.17) is 5.11 Å². The maximum absolute atomic E-state index is 10.8. The van der Waals surface area contributed by atoms with E-state index in [1.165, 1.54) is 18.7 Å². The lowest BCUT2D eigenvalue weighted by atomic mass is 9.95. The van der Waals surface area contributed by atoms with E-state index in [2.05, 4.69) is 5.32 Å². The first-order chi connectivity index (χ1) is 7.66. The molecule has 0 saturated carbocycles. The van der Waals surface area contributed by atoms with Gasteiger partial charge in [-0.15, -0.1) is 0 Å². The quantitative estimate of drug-likeness (QED) is 0.630. The second kappa shape index (κ2) is 6.86. The van der Waals surface area contributed by atoms with Crippen LogP contribution in [0.5, 0.6) is 0 Å². The monoisotopic (exact) mass is 263 g/mol. The molecule has 6 heteroatoms. The van der Waals surface area contributed by atoms with Gasteiger partial charge in [0.2, 0.25) is 5.91 Å².